The van der Waals surface area contributed by atoms with Crippen LogP contribution in [-0.2, 0) is 22.6 Å². The Morgan fingerprint density at radius 1 is 1.42 bits per heavy atom. The molecule has 0 radical (unpaired) electrons. The number of carboxylic acids is 1. The van der Waals surface area contributed by atoms with E-state index in [0.717, 1.165) is 17.5 Å². The van der Waals surface area contributed by atoms with Crippen LogP contribution < -0.4 is 5.32 Å². The smallest absolute Gasteiger partial charge is 0.308 e. The van der Waals surface area contributed by atoms with Gasteiger partial charge in [-0.3, -0.25) is 9.59 Å². The molecule has 0 fully saturated rings. The SMILES string of the molecule is CC(CNC(=O)c1ccc2c(c1)CCOC2)C(=O)O. The van der Waals surface area contributed by atoms with Crippen molar-refractivity contribution in [2.75, 3.05) is 13.2 Å². The number of aliphatic carboxylic acids is 1. The Kier molecular flexibility index (Phi) is 4.16. The molecule has 0 aliphatic carbocycles. The minimum absolute atomic E-state index is 0.133. The van der Waals surface area contributed by atoms with Gasteiger partial charge in [0.15, 0.2) is 0 Å². The Balaban J connectivity index is 2.01. The van der Waals surface area contributed by atoms with Gasteiger partial charge >= 0.3 is 5.97 Å². The lowest BCUT2D eigenvalue weighted by Gasteiger charge is -2.17. The molecule has 19 heavy (non-hydrogen) atoms. The van der Waals surface area contributed by atoms with Gasteiger partial charge in [0.2, 0.25) is 0 Å². The lowest BCUT2D eigenvalue weighted by atomic mass is 10.00. The Morgan fingerprint density at radius 3 is 2.95 bits per heavy atom. The fraction of sp³-hybridized carbons (Fsp3) is 0.429. The molecule has 1 aliphatic rings. The Bertz CT molecular complexity index is 498. The highest BCUT2D eigenvalue weighted by atomic mass is 16.5. The molecular weight excluding hydrogens is 246 g/mol. The van der Waals surface area contributed by atoms with Gasteiger partial charge in [-0.15, -0.1) is 0 Å². The highest BCUT2D eigenvalue weighted by Crippen LogP contribution is 2.18. The van der Waals surface area contributed by atoms with Crippen LogP contribution in [-0.4, -0.2) is 30.1 Å². The van der Waals surface area contributed by atoms with Gasteiger partial charge in [0.25, 0.3) is 5.91 Å². The van der Waals surface area contributed by atoms with Crippen LogP contribution in [0.15, 0.2) is 18.2 Å². The average molecular weight is 263 g/mol. The fourth-order valence-electron chi connectivity index (χ4n) is 1.94. The van der Waals surface area contributed by atoms with Crippen LogP contribution in [0.1, 0.15) is 28.4 Å². The highest BCUT2D eigenvalue weighted by Gasteiger charge is 2.15. The minimum Gasteiger partial charge on any atom is -0.481 e. The van der Waals surface area contributed by atoms with Crippen molar-refractivity contribution in [3.8, 4) is 0 Å². The van der Waals surface area contributed by atoms with Gasteiger partial charge in [-0.1, -0.05) is 13.0 Å². The van der Waals surface area contributed by atoms with Crippen molar-refractivity contribution in [1.29, 1.82) is 0 Å². The van der Waals surface area contributed by atoms with Crippen LogP contribution in [0.5, 0.6) is 0 Å². The van der Waals surface area contributed by atoms with Crippen molar-refractivity contribution < 1.29 is 19.4 Å². The van der Waals surface area contributed by atoms with E-state index in [9.17, 15) is 9.59 Å². The largest absolute Gasteiger partial charge is 0.481 e. The third kappa shape index (κ3) is 3.32. The monoisotopic (exact) mass is 263 g/mol. The summed E-state index contributed by atoms with van der Waals surface area (Å²) in [7, 11) is 0. The second-order valence-corrected chi connectivity index (χ2v) is 4.74. The van der Waals surface area contributed by atoms with Crippen molar-refractivity contribution in [2.45, 2.75) is 20.0 Å². The first-order valence-electron chi connectivity index (χ1n) is 6.28. The maximum Gasteiger partial charge on any atom is 0.308 e. The minimum atomic E-state index is -0.914. The zero-order chi connectivity index (χ0) is 13.8. The summed E-state index contributed by atoms with van der Waals surface area (Å²) in [6.07, 6.45) is 0.808. The number of hydrogen-bond donors (Lipinski definition) is 2. The molecule has 0 spiro atoms. The zero-order valence-corrected chi connectivity index (χ0v) is 10.8. The van der Waals surface area contributed by atoms with E-state index in [1.165, 1.54) is 0 Å². The number of carboxylic acid groups (broad SMARTS) is 1. The Hall–Kier alpha value is -1.88. The molecule has 1 unspecified atom stereocenters. The molecule has 2 N–H and O–H groups in total. The Morgan fingerprint density at radius 2 is 2.21 bits per heavy atom. The molecule has 5 nitrogen and oxygen atoms in total. The van der Waals surface area contributed by atoms with Gasteiger partial charge in [0, 0.05) is 12.1 Å². The molecule has 5 heteroatoms. The standard InChI is InChI=1S/C14H17NO4/c1-9(14(17)18)7-15-13(16)11-2-3-12-8-19-5-4-10(12)6-11/h2-3,6,9H,4-5,7-8H2,1H3,(H,15,16)(H,17,18). The van der Waals surface area contributed by atoms with Crippen LogP contribution in [0.4, 0.5) is 0 Å². The third-order valence-electron chi connectivity index (χ3n) is 3.23. The van der Waals surface area contributed by atoms with Gasteiger partial charge in [0.1, 0.15) is 0 Å². The van der Waals surface area contributed by atoms with E-state index < -0.39 is 11.9 Å². The lowest BCUT2D eigenvalue weighted by Crippen LogP contribution is -2.31. The molecule has 2 rings (SSSR count). The number of ether oxygens (including phenoxy) is 1. The number of amides is 1. The van der Waals surface area contributed by atoms with Crippen LogP contribution >= 0.6 is 0 Å². The quantitative estimate of drug-likeness (QED) is 0.856. The van der Waals surface area contributed by atoms with E-state index in [1.807, 2.05) is 12.1 Å². The normalized spacial score (nSPS) is 15.4. The van der Waals surface area contributed by atoms with Gasteiger partial charge in [-0.05, 0) is 29.7 Å². The summed E-state index contributed by atoms with van der Waals surface area (Å²) < 4.78 is 5.34. The van der Waals surface area contributed by atoms with Gasteiger partial charge in [-0.25, -0.2) is 0 Å². The molecule has 0 aromatic heterocycles. The van der Waals surface area contributed by atoms with Crippen LogP contribution in [0.3, 0.4) is 0 Å². The van der Waals surface area contributed by atoms with Crippen LogP contribution in [0.25, 0.3) is 0 Å². The number of benzene rings is 1. The van der Waals surface area contributed by atoms with Crippen molar-refractivity contribution >= 4 is 11.9 Å². The molecule has 102 valence electrons. The maximum atomic E-state index is 11.9. The number of fused-ring (bicyclic) bond motifs is 1. The zero-order valence-electron chi connectivity index (χ0n) is 10.8. The summed E-state index contributed by atoms with van der Waals surface area (Å²) in [5.74, 6) is -1.74. The van der Waals surface area contributed by atoms with E-state index in [1.54, 1.807) is 13.0 Å². The molecule has 1 atom stereocenters. The number of carbonyl (C=O) groups excluding carboxylic acids is 1. The molecule has 0 saturated heterocycles. The molecule has 0 saturated carbocycles. The van der Waals surface area contributed by atoms with Crippen molar-refractivity contribution in [1.82, 2.24) is 5.32 Å². The second kappa shape index (κ2) is 5.84. The molecule has 1 aromatic carbocycles. The number of nitrogens with one attached hydrogen (secondary N) is 1. The van der Waals surface area contributed by atoms with E-state index in [2.05, 4.69) is 5.32 Å². The second-order valence-electron chi connectivity index (χ2n) is 4.74. The van der Waals surface area contributed by atoms with Crippen LogP contribution in [0, 0.1) is 5.92 Å². The molecule has 1 heterocycles. The summed E-state index contributed by atoms with van der Waals surface area (Å²) in [5.41, 5.74) is 2.81. The predicted molar refractivity (Wildman–Crippen MR) is 68.9 cm³/mol. The fourth-order valence-corrected chi connectivity index (χ4v) is 1.94. The summed E-state index contributed by atoms with van der Waals surface area (Å²) in [5, 5.41) is 11.4. The first kappa shape index (κ1) is 13.5. The van der Waals surface area contributed by atoms with Gasteiger partial charge < -0.3 is 15.2 Å². The van der Waals surface area contributed by atoms with E-state index in [-0.39, 0.29) is 12.5 Å². The van der Waals surface area contributed by atoms with Crippen LogP contribution in [0.2, 0.25) is 0 Å². The first-order chi connectivity index (χ1) is 9.08. The van der Waals surface area contributed by atoms with Crippen molar-refractivity contribution in [3.63, 3.8) is 0 Å². The van der Waals surface area contributed by atoms with Gasteiger partial charge in [-0.2, -0.15) is 0 Å². The average Bonchev–Trinajstić information content (AvgIpc) is 2.43. The summed E-state index contributed by atoms with van der Waals surface area (Å²) in [6, 6.07) is 5.50. The maximum absolute atomic E-state index is 11.9. The Labute approximate surface area is 111 Å². The van der Waals surface area contributed by atoms with Crippen molar-refractivity contribution in [2.24, 2.45) is 5.92 Å². The summed E-state index contributed by atoms with van der Waals surface area (Å²) >= 11 is 0. The summed E-state index contributed by atoms with van der Waals surface area (Å²) in [4.78, 5) is 22.6. The topological polar surface area (TPSA) is 75.6 Å². The molecule has 1 amide bonds. The molecular formula is C14H17NO4. The van der Waals surface area contributed by atoms with E-state index >= 15 is 0 Å². The van der Waals surface area contributed by atoms with E-state index in [0.29, 0.717) is 18.8 Å². The summed E-state index contributed by atoms with van der Waals surface area (Å²) in [6.45, 7) is 2.96. The first-order valence-corrected chi connectivity index (χ1v) is 6.28. The number of rotatable bonds is 4. The highest BCUT2D eigenvalue weighted by molar-refractivity contribution is 5.94. The molecule has 1 aliphatic heterocycles. The molecule has 1 aromatic rings. The number of carbonyl (C=O) groups is 2. The lowest BCUT2D eigenvalue weighted by molar-refractivity contribution is -0.140. The van der Waals surface area contributed by atoms with Crippen molar-refractivity contribution in [3.05, 3.63) is 34.9 Å². The third-order valence-corrected chi connectivity index (χ3v) is 3.23. The molecule has 0 bridgehead atoms. The predicted octanol–water partition coefficient (Wildman–Crippen LogP) is 1.21. The van der Waals surface area contributed by atoms with Gasteiger partial charge in [0.05, 0.1) is 19.1 Å². The number of hydrogen-bond acceptors (Lipinski definition) is 3. The van der Waals surface area contributed by atoms with E-state index in [4.69, 9.17) is 9.84 Å².